The summed E-state index contributed by atoms with van der Waals surface area (Å²) in [6, 6.07) is 14.8. The van der Waals surface area contributed by atoms with Gasteiger partial charge in [-0.15, -0.1) is 0 Å². The van der Waals surface area contributed by atoms with Gasteiger partial charge in [0.1, 0.15) is 5.60 Å². The number of carbonyl (C=O) groups excluding carboxylic acids is 2. The molecule has 3 rings (SSSR count). The number of hydrogen-bond acceptors (Lipinski definition) is 5. The number of carbonyl (C=O) groups is 2. The molecule has 2 N–H and O–H groups in total. The number of nitrogens with zero attached hydrogens (tertiary/aromatic N) is 2. The van der Waals surface area contributed by atoms with Crippen molar-refractivity contribution in [2.75, 3.05) is 5.32 Å². The van der Waals surface area contributed by atoms with Crippen molar-refractivity contribution < 1.29 is 14.3 Å². The lowest BCUT2D eigenvalue weighted by molar-refractivity contribution is -0.120. The Morgan fingerprint density at radius 3 is 2.53 bits per heavy atom. The van der Waals surface area contributed by atoms with Crippen LogP contribution in [0.15, 0.2) is 59.5 Å². The van der Waals surface area contributed by atoms with Gasteiger partial charge >= 0.3 is 6.09 Å². The molecule has 0 fully saturated rings. The van der Waals surface area contributed by atoms with Crippen molar-refractivity contribution in [2.24, 2.45) is 0 Å². The van der Waals surface area contributed by atoms with Crippen molar-refractivity contribution in [3.05, 3.63) is 92.4 Å². The van der Waals surface area contributed by atoms with Gasteiger partial charge in [0.05, 0.1) is 12.6 Å². The fraction of sp³-hybridized carbons (Fsp3) is 0.333. The Hall–Kier alpha value is -3.65. The van der Waals surface area contributed by atoms with E-state index >= 15 is 0 Å². The number of amides is 2. The van der Waals surface area contributed by atoms with E-state index in [0.717, 1.165) is 5.56 Å². The maximum atomic E-state index is 13.0. The van der Waals surface area contributed by atoms with E-state index in [9.17, 15) is 14.4 Å². The molecular weight excluding hydrogens is 480 g/mol. The maximum absolute atomic E-state index is 13.0. The van der Waals surface area contributed by atoms with Crippen molar-refractivity contribution >= 4 is 29.3 Å². The van der Waals surface area contributed by atoms with Gasteiger partial charge in [0.2, 0.25) is 5.91 Å². The summed E-state index contributed by atoms with van der Waals surface area (Å²) >= 11 is 6.13. The van der Waals surface area contributed by atoms with E-state index in [1.807, 2.05) is 30.3 Å². The number of nitrogens with one attached hydrogen (secondary N) is 2. The van der Waals surface area contributed by atoms with Gasteiger partial charge in [-0.05, 0) is 69.0 Å². The van der Waals surface area contributed by atoms with E-state index in [2.05, 4.69) is 15.7 Å². The Balaban J connectivity index is 1.66. The number of aromatic nitrogens is 2. The molecule has 0 aliphatic heterocycles. The second-order valence-electron chi connectivity index (χ2n) is 9.45. The van der Waals surface area contributed by atoms with Crippen LogP contribution in [0.1, 0.15) is 43.0 Å². The van der Waals surface area contributed by atoms with Crippen molar-refractivity contribution in [3.8, 4) is 0 Å². The van der Waals surface area contributed by atoms with Crippen LogP contribution < -0.4 is 16.2 Å². The fourth-order valence-electron chi connectivity index (χ4n) is 3.53. The number of rotatable bonds is 8. The molecule has 0 bridgehead atoms. The first-order valence-electron chi connectivity index (χ1n) is 11.7. The third-order valence-electron chi connectivity index (χ3n) is 5.33. The SMILES string of the molecule is Cc1cnn(CCc2ccccc2)c(=O)c1CC(=O)NCc1cc(Cl)ccc1NC(=O)OC(C)(C)C. The average Bonchev–Trinajstić information content (AvgIpc) is 2.81. The summed E-state index contributed by atoms with van der Waals surface area (Å²) in [6.07, 6.45) is 1.56. The molecule has 0 radical (unpaired) electrons. The van der Waals surface area contributed by atoms with Gasteiger partial charge in [-0.3, -0.25) is 14.9 Å². The van der Waals surface area contributed by atoms with E-state index < -0.39 is 11.7 Å². The smallest absolute Gasteiger partial charge is 0.412 e. The maximum Gasteiger partial charge on any atom is 0.412 e. The molecule has 190 valence electrons. The highest BCUT2D eigenvalue weighted by Gasteiger charge is 2.18. The van der Waals surface area contributed by atoms with Crippen LogP contribution in [0.2, 0.25) is 5.02 Å². The zero-order chi connectivity index (χ0) is 26.3. The van der Waals surface area contributed by atoms with Crippen molar-refractivity contribution in [1.82, 2.24) is 15.1 Å². The van der Waals surface area contributed by atoms with Gasteiger partial charge in [-0.1, -0.05) is 41.9 Å². The monoisotopic (exact) mass is 510 g/mol. The fourth-order valence-corrected chi connectivity index (χ4v) is 3.72. The summed E-state index contributed by atoms with van der Waals surface area (Å²) in [6.45, 7) is 7.60. The van der Waals surface area contributed by atoms with Crippen LogP contribution in [-0.2, 0) is 35.5 Å². The normalized spacial score (nSPS) is 11.1. The number of anilines is 1. The van der Waals surface area contributed by atoms with Crippen molar-refractivity contribution in [1.29, 1.82) is 0 Å². The van der Waals surface area contributed by atoms with Crippen molar-refractivity contribution in [3.63, 3.8) is 0 Å². The van der Waals surface area contributed by atoms with Gasteiger partial charge in [0, 0.05) is 29.4 Å². The Kier molecular flexibility index (Phi) is 8.88. The summed E-state index contributed by atoms with van der Waals surface area (Å²) in [5.74, 6) is -0.334. The van der Waals surface area contributed by atoms with Gasteiger partial charge in [-0.25, -0.2) is 9.48 Å². The Morgan fingerprint density at radius 1 is 1.11 bits per heavy atom. The largest absolute Gasteiger partial charge is 0.444 e. The van der Waals surface area contributed by atoms with Crippen molar-refractivity contribution in [2.45, 2.75) is 59.2 Å². The highest BCUT2D eigenvalue weighted by Crippen LogP contribution is 2.22. The number of benzene rings is 2. The van der Waals surface area contributed by atoms with Gasteiger partial charge in [0.25, 0.3) is 5.56 Å². The topological polar surface area (TPSA) is 102 Å². The lowest BCUT2D eigenvalue weighted by Gasteiger charge is -2.20. The molecule has 0 unspecified atom stereocenters. The zero-order valence-corrected chi connectivity index (χ0v) is 21.7. The quantitative estimate of drug-likeness (QED) is 0.459. The molecule has 2 aromatic carbocycles. The summed E-state index contributed by atoms with van der Waals surface area (Å²) < 4.78 is 6.70. The van der Waals surface area contributed by atoms with Gasteiger partial charge < -0.3 is 10.1 Å². The first-order valence-corrected chi connectivity index (χ1v) is 12.0. The van der Waals surface area contributed by atoms with E-state index in [4.69, 9.17) is 16.3 Å². The Bertz CT molecular complexity index is 1280. The van der Waals surface area contributed by atoms with Crippen LogP contribution in [0, 0.1) is 6.92 Å². The molecule has 1 aromatic heterocycles. The van der Waals surface area contributed by atoms with Crippen LogP contribution in [0.4, 0.5) is 10.5 Å². The zero-order valence-electron chi connectivity index (χ0n) is 20.9. The minimum Gasteiger partial charge on any atom is -0.444 e. The molecule has 9 heteroatoms. The standard InChI is InChI=1S/C27H31ClN4O4/c1-18-16-30-32(13-12-19-8-6-5-7-9-19)25(34)22(18)15-24(33)29-17-20-14-21(28)10-11-23(20)31-26(35)36-27(2,3)4/h5-11,14,16H,12-13,15,17H2,1-4H3,(H,29,33)(H,31,35). The Labute approximate surface area is 215 Å². The number of hydrogen-bond donors (Lipinski definition) is 2. The molecule has 0 atom stereocenters. The predicted octanol–water partition coefficient (Wildman–Crippen LogP) is 4.65. The average molecular weight is 511 g/mol. The summed E-state index contributed by atoms with van der Waals surface area (Å²) in [5, 5.41) is 10.2. The molecule has 0 spiro atoms. The van der Waals surface area contributed by atoms with Gasteiger partial charge in [0.15, 0.2) is 0 Å². The highest BCUT2D eigenvalue weighted by atomic mass is 35.5. The second kappa shape index (κ2) is 11.9. The first-order chi connectivity index (χ1) is 17.0. The van der Waals surface area contributed by atoms with Crippen LogP contribution in [0.3, 0.4) is 0 Å². The summed E-state index contributed by atoms with van der Waals surface area (Å²) in [4.78, 5) is 38.0. The highest BCUT2D eigenvalue weighted by molar-refractivity contribution is 6.30. The Morgan fingerprint density at radius 2 is 1.83 bits per heavy atom. The lowest BCUT2D eigenvalue weighted by Crippen LogP contribution is -2.33. The summed E-state index contributed by atoms with van der Waals surface area (Å²) in [7, 11) is 0. The molecular formula is C27H31ClN4O4. The number of ether oxygens (including phenoxy) is 1. The van der Waals surface area contributed by atoms with Crippen LogP contribution in [0.5, 0.6) is 0 Å². The molecule has 3 aromatic rings. The molecule has 0 saturated heterocycles. The van der Waals surface area contributed by atoms with Crippen LogP contribution in [-0.4, -0.2) is 27.4 Å². The first kappa shape index (κ1) is 26.9. The van der Waals surface area contributed by atoms with Crippen LogP contribution in [0.25, 0.3) is 0 Å². The van der Waals surface area contributed by atoms with E-state index in [1.165, 1.54) is 4.68 Å². The molecule has 0 aliphatic rings. The minimum atomic E-state index is -0.652. The molecule has 2 amide bonds. The molecule has 1 heterocycles. The number of aryl methyl sites for hydroxylation is 3. The minimum absolute atomic E-state index is 0.0894. The predicted molar refractivity (Wildman–Crippen MR) is 140 cm³/mol. The lowest BCUT2D eigenvalue weighted by atomic mass is 10.1. The van der Waals surface area contributed by atoms with E-state index in [0.29, 0.717) is 40.4 Å². The van der Waals surface area contributed by atoms with Gasteiger partial charge in [-0.2, -0.15) is 5.10 Å². The van der Waals surface area contributed by atoms with Crippen LogP contribution >= 0.6 is 11.6 Å². The summed E-state index contributed by atoms with van der Waals surface area (Å²) in [5.41, 5.74) is 2.29. The third kappa shape index (κ3) is 7.95. The molecule has 0 aliphatic carbocycles. The molecule has 36 heavy (non-hydrogen) atoms. The van der Waals surface area contributed by atoms with E-state index in [-0.39, 0.29) is 24.4 Å². The number of halogens is 1. The van der Waals surface area contributed by atoms with E-state index in [1.54, 1.807) is 52.1 Å². The third-order valence-corrected chi connectivity index (χ3v) is 5.57. The molecule has 0 saturated carbocycles. The molecule has 8 nitrogen and oxygen atoms in total. The second-order valence-corrected chi connectivity index (χ2v) is 9.89.